The number of anilines is 1. The van der Waals surface area contributed by atoms with Crippen molar-refractivity contribution < 1.29 is 27.1 Å². The molecule has 1 N–H and O–H groups in total. The summed E-state index contributed by atoms with van der Waals surface area (Å²) in [4.78, 5) is 28.5. The van der Waals surface area contributed by atoms with Gasteiger partial charge in [0.25, 0.3) is 10.0 Å². The fraction of sp³-hybridized carbons (Fsp3) is 0.333. The zero-order valence-corrected chi connectivity index (χ0v) is 23.9. The van der Waals surface area contributed by atoms with E-state index in [1.54, 1.807) is 6.92 Å². The van der Waals surface area contributed by atoms with E-state index >= 15 is 0 Å². The molecule has 0 saturated heterocycles. The Morgan fingerprint density at radius 2 is 1.60 bits per heavy atom. The summed E-state index contributed by atoms with van der Waals surface area (Å²) in [6.45, 7) is 3.82. The van der Waals surface area contributed by atoms with Crippen molar-refractivity contribution in [1.29, 1.82) is 0 Å². The summed E-state index contributed by atoms with van der Waals surface area (Å²) in [7, 11) is -2.79. The molecular weight excluding hydrogens is 533 g/mol. The molecule has 0 spiro atoms. The molecule has 1 unspecified atom stereocenters. The highest BCUT2D eigenvalue weighted by molar-refractivity contribution is 7.92. The minimum Gasteiger partial charge on any atom is -0.497 e. The third-order valence-electron chi connectivity index (χ3n) is 6.45. The Morgan fingerprint density at radius 1 is 0.950 bits per heavy atom. The number of sulfonamides is 1. The fourth-order valence-corrected chi connectivity index (χ4v) is 5.63. The molecule has 214 valence electrons. The number of hydrogen-bond acceptors (Lipinski definition) is 5. The number of hydrogen-bond donors (Lipinski definition) is 1. The highest BCUT2D eigenvalue weighted by atomic mass is 32.2. The molecule has 0 heterocycles. The zero-order valence-electron chi connectivity index (χ0n) is 23.0. The van der Waals surface area contributed by atoms with Gasteiger partial charge in [0.2, 0.25) is 11.8 Å². The molecule has 10 heteroatoms. The summed E-state index contributed by atoms with van der Waals surface area (Å²) in [5, 5.41) is 2.90. The Hall–Kier alpha value is -3.92. The number of nitrogens with one attached hydrogen (secondary N) is 1. The lowest BCUT2D eigenvalue weighted by atomic mass is 10.1. The van der Waals surface area contributed by atoms with Gasteiger partial charge in [-0.2, -0.15) is 0 Å². The van der Waals surface area contributed by atoms with E-state index in [2.05, 4.69) is 5.32 Å². The first-order valence-corrected chi connectivity index (χ1v) is 14.7. The van der Waals surface area contributed by atoms with Crippen molar-refractivity contribution in [3.05, 3.63) is 90.2 Å². The summed E-state index contributed by atoms with van der Waals surface area (Å²) in [5.74, 6) is -0.941. The normalized spacial score (nSPS) is 11.9. The number of nitrogens with zero attached hydrogens (tertiary/aromatic N) is 2. The average molecular weight is 570 g/mol. The molecule has 0 aliphatic rings. The number of carbonyl (C=O) groups is 2. The number of amides is 2. The van der Waals surface area contributed by atoms with Crippen LogP contribution in [0, 0.1) is 5.82 Å². The van der Waals surface area contributed by atoms with Crippen LogP contribution in [0.2, 0.25) is 0 Å². The molecule has 2 amide bonds. The van der Waals surface area contributed by atoms with E-state index in [0.717, 1.165) is 34.8 Å². The van der Waals surface area contributed by atoms with E-state index in [1.807, 2.05) is 37.3 Å². The Bertz CT molecular complexity index is 1350. The highest BCUT2D eigenvalue weighted by Gasteiger charge is 2.33. The minimum absolute atomic E-state index is 0.0654. The van der Waals surface area contributed by atoms with Crippen LogP contribution in [0.15, 0.2) is 83.8 Å². The first-order valence-electron chi connectivity index (χ1n) is 13.2. The van der Waals surface area contributed by atoms with Crippen LogP contribution in [0.4, 0.5) is 10.1 Å². The molecule has 0 radical (unpaired) electrons. The minimum atomic E-state index is -4.26. The fourth-order valence-electron chi connectivity index (χ4n) is 4.22. The molecule has 3 aromatic rings. The summed E-state index contributed by atoms with van der Waals surface area (Å²) < 4.78 is 47.5. The van der Waals surface area contributed by atoms with E-state index in [9.17, 15) is 22.4 Å². The lowest BCUT2D eigenvalue weighted by molar-refractivity contribution is -0.140. The van der Waals surface area contributed by atoms with Crippen LogP contribution in [-0.4, -0.2) is 51.4 Å². The number of methoxy groups -OCH3 is 1. The average Bonchev–Trinajstić information content (AvgIpc) is 2.97. The van der Waals surface area contributed by atoms with Crippen molar-refractivity contribution in [1.82, 2.24) is 10.2 Å². The van der Waals surface area contributed by atoms with E-state index in [1.165, 1.54) is 48.4 Å². The SMILES string of the molecule is CCCCNC(=O)C(CC)N(Cc1ccccc1)C(=O)CN(c1ccc(F)cc1)S(=O)(=O)c1ccc(OC)cc1. The summed E-state index contributed by atoms with van der Waals surface area (Å²) in [6.07, 6.45) is 2.03. The van der Waals surface area contributed by atoms with Crippen LogP contribution in [0.1, 0.15) is 38.7 Å². The smallest absolute Gasteiger partial charge is 0.264 e. The molecule has 0 aromatic heterocycles. The number of unbranched alkanes of at least 4 members (excludes halogenated alkanes) is 1. The van der Waals surface area contributed by atoms with Gasteiger partial charge in [0.05, 0.1) is 17.7 Å². The van der Waals surface area contributed by atoms with Crippen molar-refractivity contribution in [2.75, 3.05) is 24.5 Å². The van der Waals surface area contributed by atoms with Crippen molar-refractivity contribution in [2.45, 2.75) is 50.6 Å². The van der Waals surface area contributed by atoms with Crippen LogP contribution in [0.5, 0.6) is 5.75 Å². The quantitative estimate of drug-likeness (QED) is 0.283. The van der Waals surface area contributed by atoms with Crippen LogP contribution in [0.25, 0.3) is 0 Å². The summed E-state index contributed by atoms with van der Waals surface area (Å²) in [6, 6.07) is 19.0. The van der Waals surface area contributed by atoms with Gasteiger partial charge in [-0.05, 0) is 66.9 Å². The lowest BCUT2D eigenvalue weighted by Gasteiger charge is -2.33. The Morgan fingerprint density at radius 3 is 2.17 bits per heavy atom. The molecule has 8 nitrogen and oxygen atoms in total. The van der Waals surface area contributed by atoms with Crippen LogP contribution in [-0.2, 0) is 26.2 Å². The topological polar surface area (TPSA) is 96.0 Å². The van der Waals surface area contributed by atoms with Gasteiger partial charge in [0, 0.05) is 13.1 Å². The van der Waals surface area contributed by atoms with Gasteiger partial charge in [0.15, 0.2) is 0 Å². The number of carbonyl (C=O) groups excluding carboxylic acids is 2. The maximum Gasteiger partial charge on any atom is 0.264 e. The van der Waals surface area contributed by atoms with Gasteiger partial charge in [-0.15, -0.1) is 0 Å². The maximum atomic E-state index is 14.0. The molecule has 0 saturated carbocycles. The van der Waals surface area contributed by atoms with Crippen molar-refractivity contribution in [3.8, 4) is 5.75 Å². The van der Waals surface area contributed by atoms with Gasteiger partial charge in [-0.1, -0.05) is 50.6 Å². The van der Waals surface area contributed by atoms with Gasteiger partial charge in [0.1, 0.15) is 24.2 Å². The predicted octanol–water partition coefficient (Wildman–Crippen LogP) is 4.75. The second-order valence-corrected chi connectivity index (χ2v) is 11.1. The van der Waals surface area contributed by atoms with Crippen molar-refractivity contribution in [2.24, 2.45) is 0 Å². The second-order valence-electron chi connectivity index (χ2n) is 9.24. The summed E-state index contributed by atoms with van der Waals surface area (Å²) >= 11 is 0. The van der Waals surface area contributed by atoms with Crippen LogP contribution < -0.4 is 14.4 Å². The van der Waals surface area contributed by atoms with Crippen molar-refractivity contribution in [3.63, 3.8) is 0 Å². The second kappa shape index (κ2) is 14.5. The first kappa shape index (κ1) is 30.6. The number of rotatable bonds is 14. The Labute approximate surface area is 235 Å². The molecule has 0 bridgehead atoms. The first-order chi connectivity index (χ1) is 19.2. The molecule has 3 rings (SSSR count). The monoisotopic (exact) mass is 569 g/mol. The third-order valence-corrected chi connectivity index (χ3v) is 8.24. The summed E-state index contributed by atoms with van der Waals surface area (Å²) in [5.41, 5.74) is 0.910. The Balaban J connectivity index is 2.01. The van der Waals surface area contributed by atoms with E-state index < -0.39 is 34.3 Å². The molecule has 40 heavy (non-hydrogen) atoms. The number of halogens is 1. The largest absolute Gasteiger partial charge is 0.497 e. The van der Waals surface area contributed by atoms with E-state index in [-0.39, 0.29) is 23.0 Å². The van der Waals surface area contributed by atoms with Gasteiger partial charge < -0.3 is 15.0 Å². The zero-order chi connectivity index (χ0) is 29.1. The van der Waals surface area contributed by atoms with Crippen LogP contribution >= 0.6 is 0 Å². The Kier molecular flexibility index (Phi) is 11.1. The molecule has 0 aliphatic heterocycles. The molecule has 1 atom stereocenters. The number of ether oxygens (including phenoxy) is 1. The maximum absolute atomic E-state index is 14.0. The van der Waals surface area contributed by atoms with Gasteiger partial charge >= 0.3 is 0 Å². The highest BCUT2D eigenvalue weighted by Crippen LogP contribution is 2.26. The number of benzene rings is 3. The third kappa shape index (κ3) is 7.81. The molecule has 0 fully saturated rings. The molecule has 0 aliphatic carbocycles. The predicted molar refractivity (Wildman–Crippen MR) is 153 cm³/mol. The standard InChI is InChI=1S/C30H36FN3O5S/c1-4-6-20-32-30(36)28(5-2)33(21-23-10-8-7-9-11-23)29(35)22-34(25-14-12-24(31)13-15-25)40(37,38)27-18-16-26(39-3)17-19-27/h7-19,28H,4-6,20-22H2,1-3H3,(H,32,36). The molecular formula is C30H36FN3O5S. The van der Waals surface area contributed by atoms with E-state index in [4.69, 9.17) is 4.74 Å². The van der Waals surface area contributed by atoms with Crippen molar-refractivity contribution >= 4 is 27.5 Å². The van der Waals surface area contributed by atoms with E-state index in [0.29, 0.717) is 18.7 Å². The van der Waals surface area contributed by atoms with Gasteiger partial charge in [-0.25, -0.2) is 12.8 Å². The molecule has 3 aromatic carbocycles. The van der Waals surface area contributed by atoms with Gasteiger partial charge in [-0.3, -0.25) is 13.9 Å². The lowest BCUT2D eigenvalue weighted by Crippen LogP contribution is -2.52. The van der Waals surface area contributed by atoms with Crippen LogP contribution in [0.3, 0.4) is 0 Å².